The van der Waals surface area contributed by atoms with Gasteiger partial charge in [0.2, 0.25) is 0 Å². The first-order valence-electron chi connectivity index (χ1n) is 11.3. The third-order valence-electron chi connectivity index (χ3n) is 4.92. The molecule has 164 valence electrons. The molecule has 0 aliphatic heterocycles. The number of hydrogen-bond acceptors (Lipinski definition) is 3. The lowest BCUT2D eigenvalue weighted by molar-refractivity contribution is -0.131. The molecule has 0 aliphatic carbocycles. The van der Waals surface area contributed by atoms with Crippen LogP contribution < -0.4 is 9.47 Å². The zero-order chi connectivity index (χ0) is 21.5. The number of carbonyl (C=O) groups is 1. The highest BCUT2D eigenvalue weighted by atomic mass is 16.5. The second-order valence-corrected chi connectivity index (χ2v) is 7.96. The second-order valence-electron chi connectivity index (χ2n) is 7.96. The van der Waals surface area contributed by atoms with Crippen LogP contribution in [0.25, 0.3) is 6.08 Å². The molecule has 0 amide bonds. The minimum Gasteiger partial charge on any atom is -0.491 e. The molecule has 2 unspecified atom stereocenters. The Balaban J connectivity index is 2.76. The van der Waals surface area contributed by atoms with E-state index in [1.807, 2.05) is 18.2 Å². The van der Waals surface area contributed by atoms with Crippen LogP contribution in [0.1, 0.15) is 97.5 Å². The standard InChI is InChI=1S/C25H40O4/c1-5-7-9-11-13-20(3)28-23-17-22(15-16-25(26)27)18-24(19-23)29-21(4)14-12-10-8-6-2/h15-21H,5-14H2,1-4H3,(H,26,27)/b16-15+. The predicted octanol–water partition coefficient (Wildman–Crippen LogP) is 7.26. The number of carboxylic acids is 1. The van der Waals surface area contributed by atoms with Crippen molar-refractivity contribution < 1.29 is 19.4 Å². The largest absolute Gasteiger partial charge is 0.491 e. The molecular formula is C25H40O4. The van der Waals surface area contributed by atoms with E-state index in [9.17, 15) is 4.79 Å². The average molecular weight is 405 g/mol. The number of unbranched alkanes of at least 4 members (excludes halogenated alkanes) is 6. The van der Waals surface area contributed by atoms with Crippen LogP contribution in [0.5, 0.6) is 11.5 Å². The van der Waals surface area contributed by atoms with Crippen LogP contribution in [-0.4, -0.2) is 23.3 Å². The molecule has 0 saturated heterocycles. The summed E-state index contributed by atoms with van der Waals surface area (Å²) in [5.74, 6) is 0.495. The van der Waals surface area contributed by atoms with Gasteiger partial charge in [0, 0.05) is 12.1 Å². The first kappa shape index (κ1) is 25.1. The molecule has 2 atom stereocenters. The van der Waals surface area contributed by atoms with Crippen LogP contribution in [0.15, 0.2) is 24.3 Å². The zero-order valence-electron chi connectivity index (χ0n) is 18.8. The molecule has 0 heterocycles. The van der Waals surface area contributed by atoms with Gasteiger partial charge in [0.05, 0.1) is 12.2 Å². The number of aliphatic carboxylic acids is 1. The van der Waals surface area contributed by atoms with E-state index in [1.165, 1.54) is 38.5 Å². The Hall–Kier alpha value is -1.97. The Morgan fingerprint density at radius 3 is 1.76 bits per heavy atom. The molecule has 1 aromatic carbocycles. The number of hydrogen-bond donors (Lipinski definition) is 1. The van der Waals surface area contributed by atoms with E-state index in [1.54, 1.807) is 6.08 Å². The fourth-order valence-electron chi connectivity index (χ4n) is 3.29. The van der Waals surface area contributed by atoms with Crippen LogP contribution >= 0.6 is 0 Å². The molecule has 0 radical (unpaired) electrons. The fourth-order valence-corrected chi connectivity index (χ4v) is 3.29. The van der Waals surface area contributed by atoms with Gasteiger partial charge in [-0.05, 0) is 63.3 Å². The molecule has 0 spiro atoms. The van der Waals surface area contributed by atoms with Crippen molar-refractivity contribution in [2.75, 3.05) is 0 Å². The predicted molar refractivity (Wildman–Crippen MR) is 121 cm³/mol. The van der Waals surface area contributed by atoms with Crippen LogP contribution in [0.3, 0.4) is 0 Å². The third-order valence-corrected chi connectivity index (χ3v) is 4.92. The van der Waals surface area contributed by atoms with E-state index in [0.29, 0.717) is 0 Å². The monoisotopic (exact) mass is 404 g/mol. The minimum atomic E-state index is -0.965. The second kappa shape index (κ2) is 14.9. The highest BCUT2D eigenvalue weighted by molar-refractivity contribution is 5.85. The topological polar surface area (TPSA) is 55.8 Å². The summed E-state index contributed by atoms with van der Waals surface area (Å²) in [6, 6.07) is 5.67. The number of benzene rings is 1. The summed E-state index contributed by atoms with van der Waals surface area (Å²) in [6.45, 7) is 8.59. The van der Waals surface area contributed by atoms with Gasteiger partial charge in [-0.1, -0.05) is 52.4 Å². The van der Waals surface area contributed by atoms with Crippen LogP contribution in [0, 0.1) is 0 Å². The summed E-state index contributed by atoms with van der Waals surface area (Å²) in [4.78, 5) is 10.9. The summed E-state index contributed by atoms with van der Waals surface area (Å²) >= 11 is 0. The van der Waals surface area contributed by atoms with Gasteiger partial charge in [-0.15, -0.1) is 0 Å². The maximum Gasteiger partial charge on any atom is 0.328 e. The van der Waals surface area contributed by atoms with Crippen molar-refractivity contribution in [2.45, 2.75) is 104 Å². The summed E-state index contributed by atoms with van der Waals surface area (Å²) in [6.07, 6.45) is 14.7. The van der Waals surface area contributed by atoms with Crippen molar-refractivity contribution in [3.8, 4) is 11.5 Å². The van der Waals surface area contributed by atoms with Gasteiger partial charge in [0.25, 0.3) is 0 Å². The average Bonchev–Trinajstić information content (AvgIpc) is 2.67. The molecule has 0 bridgehead atoms. The molecule has 0 saturated carbocycles. The lowest BCUT2D eigenvalue weighted by Gasteiger charge is -2.19. The van der Waals surface area contributed by atoms with E-state index < -0.39 is 5.97 Å². The summed E-state index contributed by atoms with van der Waals surface area (Å²) in [5, 5.41) is 8.94. The zero-order valence-corrected chi connectivity index (χ0v) is 18.8. The lowest BCUT2D eigenvalue weighted by Crippen LogP contribution is -2.13. The Morgan fingerprint density at radius 2 is 1.34 bits per heavy atom. The van der Waals surface area contributed by atoms with E-state index in [4.69, 9.17) is 14.6 Å². The SMILES string of the molecule is CCCCCCC(C)Oc1cc(/C=C/C(=O)O)cc(OC(C)CCCCCC)c1. The van der Waals surface area contributed by atoms with Crippen LogP contribution in [0.2, 0.25) is 0 Å². The fraction of sp³-hybridized carbons (Fsp3) is 0.640. The Morgan fingerprint density at radius 1 is 0.862 bits per heavy atom. The molecule has 4 nitrogen and oxygen atoms in total. The van der Waals surface area contributed by atoms with Gasteiger partial charge in [-0.2, -0.15) is 0 Å². The van der Waals surface area contributed by atoms with Gasteiger partial charge in [0.1, 0.15) is 11.5 Å². The Labute approximate surface area is 177 Å². The molecule has 0 aromatic heterocycles. The van der Waals surface area contributed by atoms with E-state index in [-0.39, 0.29) is 12.2 Å². The molecule has 0 aliphatic rings. The molecule has 0 fully saturated rings. The number of ether oxygens (including phenoxy) is 2. The van der Waals surface area contributed by atoms with Crippen molar-refractivity contribution in [1.82, 2.24) is 0 Å². The molecular weight excluding hydrogens is 364 g/mol. The van der Waals surface area contributed by atoms with Gasteiger partial charge < -0.3 is 14.6 Å². The summed E-state index contributed by atoms with van der Waals surface area (Å²) in [5.41, 5.74) is 0.774. The molecule has 1 aromatic rings. The van der Waals surface area contributed by atoms with Gasteiger partial charge in [-0.25, -0.2) is 4.79 Å². The minimum absolute atomic E-state index is 0.116. The van der Waals surface area contributed by atoms with E-state index >= 15 is 0 Å². The Kier molecular flexibility index (Phi) is 12.9. The van der Waals surface area contributed by atoms with Crippen molar-refractivity contribution in [3.63, 3.8) is 0 Å². The molecule has 4 heteroatoms. The number of rotatable bonds is 16. The maximum atomic E-state index is 10.9. The normalized spacial score (nSPS) is 13.4. The summed E-state index contributed by atoms with van der Waals surface area (Å²) in [7, 11) is 0. The van der Waals surface area contributed by atoms with Gasteiger partial charge >= 0.3 is 5.97 Å². The van der Waals surface area contributed by atoms with E-state index in [2.05, 4.69) is 27.7 Å². The molecule has 1 rings (SSSR count). The first-order valence-corrected chi connectivity index (χ1v) is 11.3. The van der Waals surface area contributed by atoms with Crippen LogP contribution in [0.4, 0.5) is 0 Å². The highest BCUT2D eigenvalue weighted by Gasteiger charge is 2.10. The van der Waals surface area contributed by atoms with Gasteiger partial charge in [0.15, 0.2) is 0 Å². The highest BCUT2D eigenvalue weighted by Crippen LogP contribution is 2.27. The van der Waals surface area contributed by atoms with Crippen molar-refractivity contribution in [2.24, 2.45) is 0 Å². The molecule has 1 N–H and O–H groups in total. The summed E-state index contributed by atoms with van der Waals surface area (Å²) < 4.78 is 12.2. The Bertz CT molecular complexity index is 571. The van der Waals surface area contributed by atoms with Crippen molar-refractivity contribution >= 4 is 12.0 Å². The smallest absolute Gasteiger partial charge is 0.328 e. The lowest BCUT2D eigenvalue weighted by atomic mass is 10.1. The first-order chi connectivity index (χ1) is 13.9. The van der Waals surface area contributed by atoms with Crippen LogP contribution in [-0.2, 0) is 4.79 Å². The number of carboxylic acid groups (broad SMARTS) is 1. The molecule has 29 heavy (non-hydrogen) atoms. The van der Waals surface area contributed by atoms with Crippen molar-refractivity contribution in [1.29, 1.82) is 0 Å². The van der Waals surface area contributed by atoms with Gasteiger partial charge in [-0.3, -0.25) is 0 Å². The van der Waals surface area contributed by atoms with E-state index in [0.717, 1.165) is 48.8 Å². The third kappa shape index (κ3) is 12.2. The maximum absolute atomic E-state index is 10.9. The van der Waals surface area contributed by atoms with Crippen molar-refractivity contribution in [3.05, 3.63) is 29.8 Å². The quantitative estimate of drug-likeness (QED) is 0.233.